The Labute approximate surface area is 236 Å². The molecule has 0 bridgehead atoms. The van der Waals surface area contributed by atoms with E-state index >= 15 is 0 Å². The first-order valence-corrected chi connectivity index (χ1v) is 12.9. The van der Waals surface area contributed by atoms with E-state index < -0.39 is 5.91 Å². The van der Waals surface area contributed by atoms with Crippen molar-refractivity contribution in [1.82, 2.24) is 19.7 Å². The molecule has 0 unspecified atom stereocenters. The normalized spacial score (nSPS) is 11.0. The molecule has 5 rings (SSSR count). The monoisotopic (exact) mass is 551 g/mol. The van der Waals surface area contributed by atoms with Crippen LogP contribution in [-0.4, -0.2) is 39.9 Å². The zero-order chi connectivity index (χ0) is 29.1. The van der Waals surface area contributed by atoms with Gasteiger partial charge in [-0.25, -0.2) is 0 Å². The summed E-state index contributed by atoms with van der Waals surface area (Å²) in [6.45, 7) is 5.94. The van der Waals surface area contributed by atoms with Crippen molar-refractivity contribution in [1.29, 1.82) is 0 Å². The lowest BCUT2D eigenvalue weighted by Gasteiger charge is -2.15. The van der Waals surface area contributed by atoms with Crippen LogP contribution in [0.15, 0.2) is 78.0 Å². The van der Waals surface area contributed by atoms with Gasteiger partial charge in [-0.2, -0.15) is 0 Å². The maximum atomic E-state index is 13.4. The fraction of sp³-hybridized carbons (Fsp3) is 0.194. The predicted molar refractivity (Wildman–Crippen MR) is 156 cm³/mol. The largest absolute Gasteiger partial charge is 0.493 e. The third kappa shape index (κ3) is 5.72. The lowest BCUT2D eigenvalue weighted by atomic mass is 10.0. The average molecular weight is 552 g/mol. The lowest BCUT2D eigenvalue weighted by Crippen LogP contribution is -2.25. The number of methoxy groups -OCH3 is 2. The van der Waals surface area contributed by atoms with Crippen LogP contribution in [0, 0.1) is 6.92 Å². The van der Waals surface area contributed by atoms with Crippen LogP contribution < -0.4 is 25.0 Å². The average Bonchev–Trinajstić information content (AvgIpc) is 2.98. The molecule has 0 aliphatic rings. The van der Waals surface area contributed by atoms with Crippen LogP contribution in [0.5, 0.6) is 23.1 Å². The predicted octanol–water partition coefficient (Wildman–Crippen LogP) is 5.80. The van der Waals surface area contributed by atoms with Gasteiger partial charge in [-0.15, -0.1) is 10.2 Å². The number of anilines is 1. The van der Waals surface area contributed by atoms with Gasteiger partial charge in [-0.1, -0.05) is 29.8 Å². The number of benzene rings is 2. The smallest absolute Gasteiger partial charge is 0.262 e. The van der Waals surface area contributed by atoms with Gasteiger partial charge in [0, 0.05) is 47.7 Å². The van der Waals surface area contributed by atoms with Gasteiger partial charge in [-0.3, -0.25) is 14.6 Å². The van der Waals surface area contributed by atoms with E-state index in [1.807, 2.05) is 49.6 Å². The van der Waals surface area contributed by atoms with E-state index in [-0.39, 0.29) is 28.7 Å². The molecule has 3 aromatic heterocycles. The Hall–Kier alpha value is -5.25. The van der Waals surface area contributed by atoms with E-state index in [1.165, 1.54) is 0 Å². The maximum Gasteiger partial charge on any atom is 0.262 e. The molecule has 41 heavy (non-hydrogen) atoms. The highest BCUT2D eigenvalue weighted by Crippen LogP contribution is 2.36. The van der Waals surface area contributed by atoms with Crippen molar-refractivity contribution in [3.05, 3.63) is 94.5 Å². The topological polar surface area (TPSA) is 117 Å². The second-order valence-corrected chi connectivity index (χ2v) is 9.67. The van der Waals surface area contributed by atoms with Crippen LogP contribution in [0.1, 0.15) is 35.8 Å². The van der Waals surface area contributed by atoms with Crippen LogP contribution in [0.4, 0.5) is 5.82 Å². The number of fused-ring (bicyclic) bond motifs is 1. The number of hydrogen-bond donors (Lipinski definition) is 1. The number of hydrogen-bond acceptors (Lipinski definition) is 8. The third-order valence-electron chi connectivity index (χ3n) is 6.55. The second-order valence-electron chi connectivity index (χ2n) is 9.67. The van der Waals surface area contributed by atoms with Gasteiger partial charge in [0.1, 0.15) is 11.3 Å². The molecular weight excluding hydrogens is 522 g/mol. The van der Waals surface area contributed by atoms with Gasteiger partial charge in [0.25, 0.3) is 5.91 Å². The molecule has 1 N–H and O–H groups in total. The van der Waals surface area contributed by atoms with Crippen LogP contribution in [0.3, 0.4) is 0 Å². The molecule has 0 saturated carbocycles. The molecule has 0 aliphatic heterocycles. The molecule has 2 aromatic carbocycles. The first-order valence-electron chi connectivity index (χ1n) is 12.9. The standard InChI is InChI=1S/C31H29N5O5/c1-18(2)36-16-22(20-8-6-19(3)7-9-20)30(37)23(17-36)31(38)33-28-10-11-29(35-34-28)41-25-12-13-32-24-15-27(40-5)26(39-4)14-21(24)25/h6-18H,1-5H3,(H,33,34,38). The minimum Gasteiger partial charge on any atom is -0.493 e. The van der Waals surface area contributed by atoms with E-state index in [9.17, 15) is 9.59 Å². The molecule has 0 spiro atoms. The van der Waals surface area contributed by atoms with Gasteiger partial charge < -0.3 is 24.1 Å². The minimum atomic E-state index is -0.581. The van der Waals surface area contributed by atoms with E-state index in [4.69, 9.17) is 14.2 Å². The number of rotatable bonds is 8. The number of carbonyl (C=O) groups is 1. The van der Waals surface area contributed by atoms with Crippen molar-refractivity contribution < 1.29 is 19.0 Å². The van der Waals surface area contributed by atoms with Gasteiger partial charge in [-0.05, 0) is 44.5 Å². The Bertz CT molecular complexity index is 1780. The first-order chi connectivity index (χ1) is 19.8. The zero-order valence-corrected chi connectivity index (χ0v) is 23.3. The zero-order valence-electron chi connectivity index (χ0n) is 23.3. The third-order valence-corrected chi connectivity index (χ3v) is 6.55. The number of nitrogens with one attached hydrogen (secondary N) is 1. The SMILES string of the molecule is COc1cc2nccc(Oc3ccc(NC(=O)c4cn(C(C)C)cc(-c5ccc(C)cc5)c4=O)nn3)c2cc1OC. The van der Waals surface area contributed by atoms with E-state index in [2.05, 4.69) is 20.5 Å². The number of carbonyl (C=O) groups excluding carboxylic acids is 1. The summed E-state index contributed by atoms with van der Waals surface area (Å²) in [4.78, 5) is 31.0. The Morgan fingerprint density at radius 1 is 0.902 bits per heavy atom. The van der Waals surface area contributed by atoms with Gasteiger partial charge in [0.05, 0.1) is 19.7 Å². The number of aryl methyl sites for hydroxylation is 1. The van der Waals surface area contributed by atoms with E-state index in [1.54, 1.807) is 63.1 Å². The Morgan fingerprint density at radius 2 is 1.63 bits per heavy atom. The van der Waals surface area contributed by atoms with E-state index in [0.717, 1.165) is 11.1 Å². The van der Waals surface area contributed by atoms with Gasteiger partial charge in [0.15, 0.2) is 17.3 Å². The molecule has 0 radical (unpaired) electrons. The number of amides is 1. The molecule has 10 heteroatoms. The molecule has 3 heterocycles. The summed E-state index contributed by atoms with van der Waals surface area (Å²) in [7, 11) is 3.11. The van der Waals surface area contributed by atoms with Crippen molar-refractivity contribution in [2.24, 2.45) is 0 Å². The summed E-state index contributed by atoms with van der Waals surface area (Å²) in [6.07, 6.45) is 4.94. The molecule has 10 nitrogen and oxygen atoms in total. The molecule has 5 aromatic rings. The van der Waals surface area contributed by atoms with Crippen molar-refractivity contribution in [2.45, 2.75) is 26.8 Å². The molecule has 1 amide bonds. The summed E-state index contributed by atoms with van der Waals surface area (Å²) in [6, 6.07) is 16.0. The Morgan fingerprint density at radius 3 is 2.29 bits per heavy atom. The number of nitrogens with zero attached hydrogens (tertiary/aromatic N) is 4. The minimum absolute atomic E-state index is 0.00605. The highest BCUT2D eigenvalue weighted by atomic mass is 16.5. The first kappa shape index (κ1) is 27.3. The number of aromatic nitrogens is 4. The van der Waals surface area contributed by atoms with Crippen molar-refractivity contribution in [2.75, 3.05) is 19.5 Å². The van der Waals surface area contributed by atoms with Crippen LogP contribution >= 0.6 is 0 Å². The molecule has 208 valence electrons. The maximum absolute atomic E-state index is 13.4. The second kappa shape index (κ2) is 11.5. The summed E-state index contributed by atoms with van der Waals surface area (Å²) < 4.78 is 18.6. The van der Waals surface area contributed by atoms with Gasteiger partial charge in [0.2, 0.25) is 11.3 Å². The Kier molecular flexibility index (Phi) is 7.64. The number of pyridine rings is 2. The Balaban J connectivity index is 1.39. The van der Waals surface area contributed by atoms with Crippen LogP contribution in [0.25, 0.3) is 22.0 Å². The summed E-state index contributed by atoms with van der Waals surface area (Å²) >= 11 is 0. The summed E-state index contributed by atoms with van der Waals surface area (Å²) in [5, 5.41) is 11.6. The molecule has 0 fully saturated rings. The fourth-order valence-electron chi connectivity index (χ4n) is 4.27. The summed E-state index contributed by atoms with van der Waals surface area (Å²) in [5.41, 5.74) is 2.55. The highest BCUT2D eigenvalue weighted by Gasteiger charge is 2.18. The molecular formula is C31H29N5O5. The highest BCUT2D eigenvalue weighted by molar-refractivity contribution is 6.04. The molecule has 0 aliphatic carbocycles. The van der Waals surface area contributed by atoms with Crippen molar-refractivity contribution >= 4 is 22.6 Å². The fourth-order valence-corrected chi connectivity index (χ4v) is 4.27. The quantitative estimate of drug-likeness (QED) is 0.257. The summed E-state index contributed by atoms with van der Waals surface area (Å²) in [5.74, 6) is 1.36. The lowest BCUT2D eigenvalue weighted by molar-refractivity contribution is 0.102. The number of ether oxygens (including phenoxy) is 3. The molecule has 0 saturated heterocycles. The van der Waals surface area contributed by atoms with Crippen molar-refractivity contribution in [3.63, 3.8) is 0 Å². The van der Waals surface area contributed by atoms with Crippen LogP contribution in [-0.2, 0) is 0 Å². The van der Waals surface area contributed by atoms with Gasteiger partial charge >= 0.3 is 0 Å². The van der Waals surface area contributed by atoms with Crippen molar-refractivity contribution in [3.8, 4) is 34.3 Å². The molecule has 0 atom stereocenters. The van der Waals surface area contributed by atoms with Crippen LogP contribution in [0.2, 0.25) is 0 Å². The van der Waals surface area contributed by atoms with E-state index in [0.29, 0.717) is 33.7 Å².